The molecule has 0 radical (unpaired) electrons. The summed E-state index contributed by atoms with van der Waals surface area (Å²) >= 11 is 3.53. The number of nitrogens with one attached hydrogen (secondary N) is 1. The summed E-state index contributed by atoms with van der Waals surface area (Å²) in [4.78, 5) is 0. The predicted molar refractivity (Wildman–Crippen MR) is 77.6 cm³/mol. The Morgan fingerprint density at radius 2 is 1.94 bits per heavy atom. The van der Waals surface area contributed by atoms with Gasteiger partial charge in [-0.3, -0.25) is 11.3 Å². The third-order valence-corrected chi connectivity index (χ3v) is 3.40. The molecule has 0 saturated carbocycles. The van der Waals surface area contributed by atoms with Crippen molar-refractivity contribution in [1.82, 2.24) is 5.43 Å². The fourth-order valence-electron chi connectivity index (χ4n) is 2.04. The van der Waals surface area contributed by atoms with Crippen LogP contribution < -0.4 is 11.3 Å². The van der Waals surface area contributed by atoms with Gasteiger partial charge < -0.3 is 0 Å². The number of aryl methyl sites for hydroxylation is 1. The molecule has 0 fully saturated rings. The number of rotatable bonds is 6. The lowest BCUT2D eigenvalue weighted by molar-refractivity contribution is 0.455. The Morgan fingerprint density at radius 1 is 1.24 bits per heavy atom. The summed E-state index contributed by atoms with van der Waals surface area (Å²) in [5, 5.41) is 0. The van der Waals surface area contributed by atoms with E-state index in [9.17, 15) is 0 Å². The summed E-state index contributed by atoms with van der Waals surface area (Å²) in [5.41, 5.74) is 5.45. The molecule has 17 heavy (non-hydrogen) atoms. The van der Waals surface area contributed by atoms with Crippen LogP contribution in [0.25, 0.3) is 0 Å². The van der Waals surface area contributed by atoms with Crippen LogP contribution in [0.3, 0.4) is 0 Å². The van der Waals surface area contributed by atoms with Crippen LogP contribution in [0.1, 0.15) is 50.3 Å². The molecule has 1 unspecified atom stereocenters. The van der Waals surface area contributed by atoms with Crippen LogP contribution >= 0.6 is 15.9 Å². The van der Waals surface area contributed by atoms with Gasteiger partial charge in [0.15, 0.2) is 0 Å². The largest absolute Gasteiger partial charge is 0.271 e. The van der Waals surface area contributed by atoms with E-state index in [1.165, 1.54) is 24.0 Å². The van der Waals surface area contributed by atoms with Gasteiger partial charge in [0.05, 0.1) is 0 Å². The molecule has 0 aromatic heterocycles. The minimum Gasteiger partial charge on any atom is -0.271 e. The van der Waals surface area contributed by atoms with Crippen LogP contribution in [-0.2, 0) is 0 Å². The second-order valence-corrected chi connectivity index (χ2v) is 6.02. The monoisotopic (exact) mass is 298 g/mol. The molecule has 3 heteroatoms. The van der Waals surface area contributed by atoms with Crippen LogP contribution in [-0.4, -0.2) is 0 Å². The van der Waals surface area contributed by atoms with E-state index in [1.54, 1.807) is 0 Å². The Bertz CT molecular complexity index is 330. The molecular weight excluding hydrogens is 276 g/mol. The molecule has 0 heterocycles. The topological polar surface area (TPSA) is 38.0 Å². The normalized spacial score (nSPS) is 13.1. The fourth-order valence-corrected chi connectivity index (χ4v) is 2.67. The number of hydrogen-bond donors (Lipinski definition) is 2. The average molecular weight is 299 g/mol. The van der Waals surface area contributed by atoms with E-state index in [4.69, 9.17) is 5.84 Å². The molecule has 2 nitrogen and oxygen atoms in total. The van der Waals surface area contributed by atoms with E-state index < -0.39 is 0 Å². The maximum atomic E-state index is 5.66. The summed E-state index contributed by atoms with van der Waals surface area (Å²) in [7, 11) is 0. The minimum absolute atomic E-state index is 0.255. The highest BCUT2D eigenvalue weighted by atomic mass is 79.9. The molecular formula is C14H23BrN2. The van der Waals surface area contributed by atoms with Crippen molar-refractivity contribution >= 4 is 15.9 Å². The maximum absolute atomic E-state index is 5.66. The number of benzene rings is 1. The van der Waals surface area contributed by atoms with Crippen LogP contribution in [0, 0.1) is 12.8 Å². The lowest BCUT2D eigenvalue weighted by Gasteiger charge is -2.18. The molecule has 0 amide bonds. The first-order valence-electron chi connectivity index (χ1n) is 6.26. The van der Waals surface area contributed by atoms with Crippen molar-refractivity contribution in [2.24, 2.45) is 11.8 Å². The van der Waals surface area contributed by atoms with Crippen LogP contribution in [0.4, 0.5) is 0 Å². The zero-order valence-corrected chi connectivity index (χ0v) is 12.5. The van der Waals surface area contributed by atoms with Crippen molar-refractivity contribution < 1.29 is 0 Å². The van der Waals surface area contributed by atoms with Gasteiger partial charge >= 0.3 is 0 Å². The van der Waals surface area contributed by atoms with E-state index in [0.717, 1.165) is 16.8 Å². The Hall–Kier alpha value is -0.380. The lowest BCUT2D eigenvalue weighted by Crippen LogP contribution is -2.28. The van der Waals surface area contributed by atoms with Gasteiger partial charge in [-0.2, -0.15) is 0 Å². The van der Waals surface area contributed by atoms with Gasteiger partial charge in [-0.25, -0.2) is 0 Å². The fraction of sp³-hybridized carbons (Fsp3) is 0.571. The van der Waals surface area contributed by atoms with Crippen molar-refractivity contribution in [2.75, 3.05) is 0 Å². The zero-order valence-electron chi connectivity index (χ0n) is 11.0. The zero-order chi connectivity index (χ0) is 12.8. The molecule has 0 spiro atoms. The summed E-state index contributed by atoms with van der Waals surface area (Å²) in [6, 6.07) is 6.72. The molecule has 1 aromatic rings. The molecule has 1 aromatic carbocycles. The predicted octanol–water partition coefficient (Wildman–Crippen LogP) is 4.09. The molecule has 96 valence electrons. The number of hydrazine groups is 1. The van der Waals surface area contributed by atoms with Gasteiger partial charge in [0, 0.05) is 10.5 Å². The van der Waals surface area contributed by atoms with Crippen molar-refractivity contribution in [3.8, 4) is 0 Å². The van der Waals surface area contributed by atoms with E-state index in [1.807, 2.05) is 0 Å². The molecule has 0 aliphatic carbocycles. The second kappa shape index (κ2) is 7.14. The van der Waals surface area contributed by atoms with Gasteiger partial charge in [0.25, 0.3) is 0 Å². The Morgan fingerprint density at radius 3 is 2.47 bits per heavy atom. The highest BCUT2D eigenvalue weighted by Crippen LogP contribution is 2.24. The second-order valence-electron chi connectivity index (χ2n) is 5.11. The Balaban J connectivity index is 2.65. The SMILES string of the molecule is Cc1cc(Br)cc(C(CCCC(C)C)NN)c1. The van der Waals surface area contributed by atoms with Crippen LogP contribution in [0.15, 0.2) is 22.7 Å². The molecule has 0 aliphatic heterocycles. The van der Waals surface area contributed by atoms with Crippen molar-refractivity contribution in [3.63, 3.8) is 0 Å². The minimum atomic E-state index is 0.255. The Labute approximate surface area is 113 Å². The van der Waals surface area contributed by atoms with Crippen molar-refractivity contribution in [3.05, 3.63) is 33.8 Å². The lowest BCUT2D eigenvalue weighted by atomic mass is 9.97. The van der Waals surface area contributed by atoms with Crippen LogP contribution in [0.5, 0.6) is 0 Å². The van der Waals surface area contributed by atoms with E-state index in [0.29, 0.717) is 0 Å². The highest BCUT2D eigenvalue weighted by Gasteiger charge is 2.10. The van der Waals surface area contributed by atoms with Gasteiger partial charge in [-0.1, -0.05) is 48.7 Å². The third kappa shape index (κ3) is 5.19. The first-order valence-corrected chi connectivity index (χ1v) is 7.05. The summed E-state index contributed by atoms with van der Waals surface area (Å²) in [6.45, 7) is 6.62. The number of hydrogen-bond acceptors (Lipinski definition) is 2. The third-order valence-electron chi connectivity index (χ3n) is 2.94. The molecule has 0 bridgehead atoms. The summed E-state index contributed by atoms with van der Waals surface area (Å²) in [5.74, 6) is 6.42. The van der Waals surface area contributed by atoms with Gasteiger partial charge in [-0.05, 0) is 42.5 Å². The molecule has 1 atom stereocenters. The quantitative estimate of drug-likeness (QED) is 0.613. The standard InChI is InChI=1S/C14H23BrN2/c1-10(2)5-4-6-14(17-16)12-7-11(3)8-13(15)9-12/h7-10,14,17H,4-6,16H2,1-3H3. The van der Waals surface area contributed by atoms with Gasteiger partial charge in [0.2, 0.25) is 0 Å². The number of nitrogens with two attached hydrogens (primary N) is 1. The van der Waals surface area contributed by atoms with Crippen LogP contribution in [0.2, 0.25) is 0 Å². The first-order chi connectivity index (χ1) is 8.02. The molecule has 1 rings (SSSR count). The molecule has 3 N–H and O–H groups in total. The van der Waals surface area contributed by atoms with E-state index >= 15 is 0 Å². The molecule has 0 aliphatic rings. The molecule has 0 saturated heterocycles. The van der Waals surface area contributed by atoms with Crippen molar-refractivity contribution in [2.45, 2.75) is 46.1 Å². The summed E-state index contributed by atoms with van der Waals surface area (Å²) in [6.07, 6.45) is 3.55. The summed E-state index contributed by atoms with van der Waals surface area (Å²) < 4.78 is 1.12. The number of halogens is 1. The Kier molecular flexibility index (Phi) is 6.17. The maximum Gasteiger partial charge on any atom is 0.0460 e. The van der Waals surface area contributed by atoms with Crippen molar-refractivity contribution in [1.29, 1.82) is 0 Å². The smallest absolute Gasteiger partial charge is 0.0460 e. The van der Waals surface area contributed by atoms with E-state index in [-0.39, 0.29) is 6.04 Å². The van der Waals surface area contributed by atoms with Gasteiger partial charge in [-0.15, -0.1) is 0 Å². The van der Waals surface area contributed by atoms with E-state index in [2.05, 4.69) is 60.3 Å². The average Bonchev–Trinajstić information content (AvgIpc) is 2.22. The first kappa shape index (κ1) is 14.7. The van der Waals surface area contributed by atoms with Gasteiger partial charge in [0.1, 0.15) is 0 Å². The highest BCUT2D eigenvalue weighted by molar-refractivity contribution is 9.10.